The van der Waals surface area contributed by atoms with E-state index >= 15 is 0 Å². The molecule has 0 bridgehead atoms. The summed E-state index contributed by atoms with van der Waals surface area (Å²) in [4.78, 5) is 11.7. The van der Waals surface area contributed by atoms with E-state index in [1.165, 1.54) is 0 Å². The van der Waals surface area contributed by atoms with Crippen molar-refractivity contribution in [2.75, 3.05) is 7.11 Å². The number of hydrogen-bond acceptors (Lipinski definition) is 2. The van der Waals surface area contributed by atoms with Crippen LogP contribution in [0, 0.1) is 11.8 Å². The van der Waals surface area contributed by atoms with Crippen LogP contribution in [0.4, 0.5) is 0 Å². The van der Waals surface area contributed by atoms with Crippen LogP contribution in [0.1, 0.15) is 18.9 Å². The van der Waals surface area contributed by atoms with E-state index in [0.29, 0.717) is 24.0 Å². The molecule has 0 saturated heterocycles. The molecule has 0 spiro atoms. The monoisotopic (exact) mass is 204 g/mol. The van der Waals surface area contributed by atoms with E-state index in [1.54, 1.807) is 7.11 Å². The molecule has 0 heterocycles. The number of carbonyl (C=O) groups is 1. The van der Waals surface area contributed by atoms with Gasteiger partial charge in [0.1, 0.15) is 11.5 Å². The summed E-state index contributed by atoms with van der Waals surface area (Å²) >= 11 is 0. The molecule has 2 atom stereocenters. The van der Waals surface area contributed by atoms with Gasteiger partial charge in [-0.15, -0.1) is 0 Å². The smallest absolute Gasteiger partial charge is 0.140 e. The van der Waals surface area contributed by atoms with E-state index < -0.39 is 0 Å². The van der Waals surface area contributed by atoms with Gasteiger partial charge in [-0.05, 0) is 30.0 Å². The molecule has 1 aliphatic rings. The fraction of sp³-hybridized carbons (Fsp3) is 0.462. The number of carbonyl (C=O) groups excluding carboxylic acids is 1. The fourth-order valence-corrected chi connectivity index (χ4v) is 1.89. The van der Waals surface area contributed by atoms with Gasteiger partial charge in [-0.1, -0.05) is 19.1 Å². The van der Waals surface area contributed by atoms with Crippen LogP contribution in [0.3, 0.4) is 0 Å². The van der Waals surface area contributed by atoms with Gasteiger partial charge in [0.2, 0.25) is 0 Å². The Labute approximate surface area is 90.3 Å². The van der Waals surface area contributed by atoms with Gasteiger partial charge in [0.15, 0.2) is 0 Å². The minimum atomic E-state index is 0.316. The lowest BCUT2D eigenvalue weighted by Crippen LogP contribution is -2.06. The molecule has 1 aliphatic carbocycles. The van der Waals surface area contributed by atoms with Gasteiger partial charge in [-0.25, -0.2) is 0 Å². The van der Waals surface area contributed by atoms with Crippen molar-refractivity contribution < 1.29 is 9.53 Å². The van der Waals surface area contributed by atoms with Crippen molar-refractivity contribution in [3.05, 3.63) is 29.8 Å². The second-order valence-electron chi connectivity index (χ2n) is 4.31. The molecule has 80 valence electrons. The zero-order valence-electron chi connectivity index (χ0n) is 9.19. The molecule has 15 heavy (non-hydrogen) atoms. The number of benzene rings is 1. The van der Waals surface area contributed by atoms with Crippen LogP contribution in [0.25, 0.3) is 0 Å². The summed E-state index contributed by atoms with van der Waals surface area (Å²) in [7, 11) is 1.64. The lowest BCUT2D eigenvalue weighted by atomic mass is 10.1. The third kappa shape index (κ3) is 2.38. The molecule has 0 radical (unpaired) electrons. The van der Waals surface area contributed by atoms with Gasteiger partial charge >= 0.3 is 0 Å². The number of Topliss-reactive ketones (excluding diaryl/α,β-unsaturated/α-hetero) is 1. The fourth-order valence-electron chi connectivity index (χ4n) is 1.89. The van der Waals surface area contributed by atoms with E-state index in [2.05, 4.69) is 6.92 Å². The molecule has 0 aliphatic heterocycles. The number of ether oxygens (including phenoxy) is 1. The summed E-state index contributed by atoms with van der Waals surface area (Å²) in [5, 5.41) is 0. The quantitative estimate of drug-likeness (QED) is 0.753. The topological polar surface area (TPSA) is 26.3 Å². The van der Waals surface area contributed by atoms with Crippen molar-refractivity contribution in [2.24, 2.45) is 11.8 Å². The van der Waals surface area contributed by atoms with Gasteiger partial charge in [0.25, 0.3) is 0 Å². The summed E-state index contributed by atoms with van der Waals surface area (Å²) < 4.78 is 5.12. The summed E-state index contributed by atoms with van der Waals surface area (Å²) in [6.07, 6.45) is 1.62. The molecule has 2 rings (SSSR count). The maximum atomic E-state index is 11.7. The van der Waals surface area contributed by atoms with Crippen molar-refractivity contribution in [3.8, 4) is 5.75 Å². The predicted molar refractivity (Wildman–Crippen MR) is 59.0 cm³/mol. The summed E-state index contributed by atoms with van der Waals surface area (Å²) in [5.41, 5.74) is 1.05. The second kappa shape index (κ2) is 4.05. The predicted octanol–water partition coefficient (Wildman–Crippen LogP) is 2.46. The van der Waals surface area contributed by atoms with E-state index in [-0.39, 0.29) is 0 Å². The Bertz CT molecular complexity index is 371. The highest BCUT2D eigenvalue weighted by molar-refractivity contribution is 5.85. The Morgan fingerprint density at radius 1 is 1.53 bits per heavy atom. The van der Waals surface area contributed by atoms with Crippen LogP contribution in [-0.4, -0.2) is 12.9 Å². The van der Waals surface area contributed by atoms with Crippen molar-refractivity contribution in [3.63, 3.8) is 0 Å². The highest BCUT2D eigenvalue weighted by atomic mass is 16.5. The van der Waals surface area contributed by atoms with E-state index in [4.69, 9.17) is 4.74 Å². The van der Waals surface area contributed by atoms with Gasteiger partial charge < -0.3 is 4.74 Å². The van der Waals surface area contributed by atoms with Crippen molar-refractivity contribution >= 4 is 5.78 Å². The van der Waals surface area contributed by atoms with Crippen molar-refractivity contribution in [1.82, 2.24) is 0 Å². The van der Waals surface area contributed by atoms with Gasteiger partial charge in [-0.3, -0.25) is 4.79 Å². The Morgan fingerprint density at radius 3 is 2.87 bits per heavy atom. The Hall–Kier alpha value is -1.31. The zero-order valence-corrected chi connectivity index (χ0v) is 9.19. The van der Waals surface area contributed by atoms with Crippen LogP contribution in [0.2, 0.25) is 0 Å². The van der Waals surface area contributed by atoms with Crippen molar-refractivity contribution in [1.29, 1.82) is 0 Å². The number of rotatable bonds is 4. The van der Waals surface area contributed by atoms with E-state index in [1.807, 2.05) is 24.3 Å². The van der Waals surface area contributed by atoms with Crippen molar-refractivity contribution in [2.45, 2.75) is 19.8 Å². The van der Waals surface area contributed by atoms with Gasteiger partial charge in [0.05, 0.1) is 7.11 Å². The third-order valence-corrected chi connectivity index (χ3v) is 3.04. The maximum Gasteiger partial charge on any atom is 0.140 e. The first-order valence-corrected chi connectivity index (χ1v) is 5.36. The highest BCUT2D eigenvalue weighted by Crippen LogP contribution is 2.39. The second-order valence-corrected chi connectivity index (χ2v) is 4.31. The van der Waals surface area contributed by atoms with Crippen LogP contribution < -0.4 is 4.74 Å². The summed E-state index contributed by atoms with van der Waals surface area (Å²) in [5.74, 6) is 2.11. The lowest BCUT2D eigenvalue weighted by Gasteiger charge is -2.03. The largest absolute Gasteiger partial charge is 0.497 e. The van der Waals surface area contributed by atoms with Crippen LogP contribution in [0.5, 0.6) is 5.75 Å². The first-order chi connectivity index (χ1) is 7.20. The Kier molecular flexibility index (Phi) is 2.76. The number of ketones is 1. The molecule has 1 saturated carbocycles. The molecule has 0 N–H and O–H groups in total. The van der Waals surface area contributed by atoms with Crippen LogP contribution in [-0.2, 0) is 11.2 Å². The van der Waals surface area contributed by atoms with Crippen LogP contribution >= 0.6 is 0 Å². The first-order valence-electron chi connectivity index (χ1n) is 5.36. The highest BCUT2D eigenvalue weighted by Gasteiger charge is 2.38. The third-order valence-electron chi connectivity index (χ3n) is 3.04. The summed E-state index contributed by atoms with van der Waals surface area (Å²) in [6, 6.07) is 7.74. The average Bonchev–Trinajstić information content (AvgIpc) is 2.96. The zero-order chi connectivity index (χ0) is 10.8. The maximum absolute atomic E-state index is 11.7. The molecule has 1 fully saturated rings. The molecule has 1 aromatic rings. The van der Waals surface area contributed by atoms with Gasteiger partial charge in [-0.2, -0.15) is 0 Å². The SMILES string of the molecule is COc1cccc(CC(=O)C2CC2C)c1. The molecular formula is C13H16O2. The number of methoxy groups -OCH3 is 1. The molecule has 0 amide bonds. The van der Waals surface area contributed by atoms with E-state index in [9.17, 15) is 4.79 Å². The standard InChI is InChI=1S/C13H16O2/c1-9-6-12(9)13(14)8-10-4-3-5-11(7-10)15-2/h3-5,7,9,12H,6,8H2,1-2H3. The molecule has 1 aromatic carbocycles. The summed E-state index contributed by atoms with van der Waals surface area (Å²) in [6.45, 7) is 2.13. The van der Waals surface area contributed by atoms with E-state index in [0.717, 1.165) is 17.7 Å². The molecule has 2 heteroatoms. The van der Waals surface area contributed by atoms with Gasteiger partial charge in [0, 0.05) is 12.3 Å². The van der Waals surface area contributed by atoms with Crippen LogP contribution in [0.15, 0.2) is 24.3 Å². The first kappa shape index (κ1) is 10.2. The molecule has 0 aromatic heterocycles. The normalized spacial score (nSPS) is 23.6. The minimum absolute atomic E-state index is 0.316. The Morgan fingerprint density at radius 2 is 2.27 bits per heavy atom. The average molecular weight is 204 g/mol. The number of hydrogen-bond donors (Lipinski definition) is 0. The minimum Gasteiger partial charge on any atom is -0.497 e. The lowest BCUT2D eigenvalue weighted by molar-refractivity contribution is -0.119. The molecule has 2 nitrogen and oxygen atoms in total. The molecular weight excluding hydrogens is 188 g/mol. The molecule has 2 unspecified atom stereocenters. The Balaban J connectivity index is 2.00.